The van der Waals surface area contributed by atoms with Crippen molar-refractivity contribution in [3.05, 3.63) is 64.9 Å². The molecule has 1 aromatic carbocycles. The second-order valence-corrected chi connectivity index (χ2v) is 9.95. The van der Waals surface area contributed by atoms with Gasteiger partial charge in [-0.15, -0.1) is 11.3 Å². The number of aliphatic hydroxyl groups is 1. The van der Waals surface area contributed by atoms with E-state index in [2.05, 4.69) is 15.6 Å². The van der Waals surface area contributed by atoms with Crippen LogP contribution in [0.2, 0.25) is 0 Å². The molecule has 1 saturated heterocycles. The Morgan fingerprint density at radius 2 is 1.89 bits per heavy atom. The fourth-order valence-corrected chi connectivity index (χ4v) is 5.38. The van der Waals surface area contributed by atoms with Crippen molar-refractivity contribution in [2.24, 2.45) is 5.73 Å². The lowest BCUT2D eigenvalue weighted by atomic mass is 9.99. The van der Waals surface area contributed by atoms with Crippen LogP contribution in [0, 0.1) is 11.6 Å². The number of primary amides is 1. The van der Waals surface area contributed by atoms with Crippen molar-refractivity contribution in [3.8, 4) is 10.4 Å². The van der Waals surface area contributed by atoms with Gasteiger partial charge in [-0.05, 0) is 35.9 Å². The molecule has 0 bridgehead atoms. The van der Waals surface area contributed by atoms with Crippen molar-refractivity contribution in [3.63, 3.8) is 0 Å². The number of thiophene rings is 1. The minimum Gasteiger partial charge on any atom is -0.396 e. The molecule has 1 fully saturated rings. The molecule has 0 spiro atoms. The van der Waals surface area contributed by atoms with Crippen molar-refractivity contribution in [2.75, 3.05) is 45.3 Å². The van der Waals surface area contributed by atoms with Crippen LogP contribution in [0.5, 0.6) is 0 Å². The van der Waals surface area contributed by atoms with Crippen molar-refractivity contribution in [1.29, 1.82) is 0 Å². The summed E-state index contributed by atoms with van der Waals surface area (Å²) in [5, 5.41) is 15.3. The van der Waals surface area contributed by atoms with E-state index in [1.165, 1.54) is 18.2 Å². The highest BCUT2D eigenvalue weighted by Gasteiger charge is 2.30. The molecule has 3 heterocycles. The third kappa shape index (κ3) is 5.83. The molecule has 3 aromatic rings. The number of aliphatic hydroxyl groups excluding tert-OH is 1. The molecule has 1 aliphatic heterocycles. The van der Waals surface area contributed by atoms with Gasteiger partial charge in [0, 0.05) is 37.5 Å². The summed E-state index contributed by atoms with van der Waals surface area (Å²) in [5.74, 6) is -2.75. The van der Waals surface area contributed by atoms with Gasteiger partial charge in [0.15, 0.2) is 0 Å². The van der Waals surface area contributed by atoms with Crippen LogP contribution in [0.4, 0.5) is 19.6 Å². The molecule has 0 saturated carbocycles. The van der Waals surface area contributed by atoms with Crippen molar-refractivity contribution >= 4 is 34.0 Å². The van der Waals surface area contributed by atoms with Crippen LogP contribution in [0.25, 0.3) is 10.4 Å². The average molecular weight is 546 g/mol. The molecule has 2 unspecified atom stereocenters. The second kappa shape index (κ2) is 11.9. The van der Waals surface area contributed by atoms with E-state index < -0.39 is 29.5 Å². The second-order valence-electron chi connectivity index (χ2n) is 8.90. The number of morpholine rings is 1. The molecule has 0 radical (unpaired) electrons. The zero-order valence-corrected chi connectivity index (χ0v) is 21.8. The van der Waals surface area contributed by atoms with Gasteiger partial charge >= 0.3 is 0 Å². The monoisotopic (exact) mass is 545 g/mol. The van der Waals surface area contributed by atoms with E-state index in [9.17, 15) is 23.5 Å². The Balaban J connectivity index is 1.68. The first-order valence-electron chi connectivity index (χ1n) is 12.0. The van der Waals surface area contributed by atoms with Gasteiger partial charge in [0.25, 0.3) is 5.91 Å². The molecule has 9 nitrogen and oxygen atoms in total. The number of carbonyl (C=O) groups excluding carboxylic acids is 2. The molecule has 5 N–H and O–H groups in total. The number of hydrogen-bond donors (Lipinski definition) is 4. The van der Waals surface area contributed by atoms with E-state index in [1.54, 1.807) is 32.2 Å². The number of nitrogens with zero attached hydrogens (tertiary/aromatic N) is 2. The lowest BCUT2D eigenvalue weighted by molar-refractivity contribution is -0.128. The number of rotatable bonds is 9. The lowest BCUT2D eigenvalue weighted by Gasteiger charge is -2.33. The Morgan fingerprint density at radius 1 is 1.21 bits per heavy atom. The fourth-order valence-electron chi connectivity index (χ4n) is 4.26. The number of hydrogen-bond acceptors (Lipinski definition) is 8. The molecular formula is C26H29F2N5O4S. The number of pyridine rings is 1. The van der Waals surface area contributed by atoms with Crippen LogP contribution in [0.1, 0.15) is 40.5 Å². The van der Waals surface area contributed by atoms with Gasteiger partial charge in [0.2, 0.25) is 5.91 Å². The van der Waals surface area contributed by atoms with Gasteiger partial charge in [0.1, 0.15) is 28.5 Å². The standard InChI is InChI=1S/C26H29F2N5O4S/c1-14(13-34)15-10-17(27)22(18(28)11-15)20-12-16(24(29)35)26(38-20)32-21-5-3-4-19(31-21)23(25(36)30-2)33-6-8-37-9-7-33/h3-5,10-12,14,23,34H,6-9,13H2,1-2H3,(H2,29,35)(H,30,36)(H,31,32). The Bertz CT molecular complexity index is 1310. The molecule has 202 valence electrons. The van der Waals surface area contributed by atoms with Crippen molar-refractivity contribution < 1.29 is 28.2 Å². The number of halogens is 2. The Labute approximate surface area is 222 Å². The minimum atomic E-state index is -0.817. The van der Waals surface area contributed by atoms with Crippen LogP contribution in [-0.4, -0.2) is 66.8 Å². The molecule has 12 heteroatoms. The predicted molar refractivity (Wildman–Crippen MR) is 140 cm³/mol. The molecule has 2 aromatic heterocycles. The summed E-state index contributed by atoms with van der Waals surface area (Å²) in [4.78, 5) is 31.7. The highest BCUT2D eigenvalue weighted by molar-refractivity contribution is 7.20. The minimum absolute atomic E-state index is 0.0415. The van der Waals surface area contributed by atoms with Crippen LogP contribution < -0.4 is 16.4 Å². The fraction of sp³-hybridized carbons (Fsp3) is 0.346. The Hall–Kier alpha value is -3.45. The van der Waals surface area contributed by atoms with Gasteiger partial charge in [-0.1, -0.05) is 13.0 Å². The summed E-state index contributed by atoms with van der Waals surface area (Å²) in [6, 6.07) is 8.13. The largest absolute Gasteiger partial charge is 0.396 e. The lowest BCUT2D eigenvalue weighted by Crippen LogP contribution is -2.45. The van der Waals surface area contributed by atoms with E-state index in [1.807, 2.05) is 4.90 Å². The summed E-state index contributed by atoms with van der Waals surface area (Å²) in [7, 11) is 1.56. The Kier molecular flexibility index (Phi) is 8.67. The van der Waals surface area contributed by atoms with E-state index in [-0.39, 0.29) is 33.5 Å². The topological polar surface area (TPSA) is 130 Å². The molecular weight excluding hydrogens is 516 g/mol. The third-order valence-electron chi connectivity index (χ3n) is 6.35. The first-order chi connectivity index (χ1) is 18.2. The molecule has 1 aliphatic rings. The van der Waals surface area contributed by atoms with Gasteiger partial charge in [-0.3, -0.25) is 14.5 Å². The number of amides is 2. The number of carbonyl (C=O) groups is 2. The van der Waals surface area contributed by atoms with Crippen LogP contribution >= 0.6 is 11.3 Å². The molecule has 0 aliphatic carbocycles. The molecule has 38 heavy (non-hydrogen) atoms. The quantitative estimate of drug-likeness (QED) is 0.325. The van der Waals surface area contributed by atoms with Gasteiger partial charge in [-0.2, -0.15) is 0 Å². The number of nitrogens with one attached hydrogen (secondary N) is 2. The van der Waals surface area contributed by atoms with Crippen LogP contribution in [0.3, 0.4) is 0 Å². The number of anilines is 2. The number of aromatic nitrogens is 1. The average Bonchev–Trinajstić information content (AvgIpc) is 3.32. The maximum atomic E-state index is 15.0. The highest BCUT2D eigenvalue weighted by atomic mass is 32.1. The summed E-state index contributed by atoms with van der Waals surface area (Å²) in [5.41, 5.74) is 6.12. The molecule has 4 rings (SSSR count). The molecule has 2 atom stereocenters. The maximum Gasteiger partial charge on any atom is 0.251 e. The van der Waals surface area contributed by atoms with Crippen molar-refractivity contribution in [2.45, 2.75) is 18.9 Å². The summed E-state index contributed by atoms with van der Waals surface area (Å²) in [6.45, 7) is 3.52. The number of benzene rings is 1. The van der Waals surface area contributed by atoms with Crippen molar-refractivity contribution in [1.82, 2.24) is 15.2 Å². The number of likely N-dealkylation sites (N-methyl/N-ethyl adjacent to an activating group) is 1. The smallest absolute Gasteiger partial charge is 0.251 e. The van der Waals surface area contributed by atoms with Gasteiger partial charge < -0.3 is 26.2 Å². The summed E-state index contributed by atoms with van der Waals surface area (Å²) in [6.07, 6.45) is 0. The zero-order chi connectivity index (χ0) is 27.4. The normalized spacial score (nSPS) is 15.6. The van der Waals surface area contributed by atoms with Crippen LogP contribution in [-0.2, 0) is 9.53 Å². The first-order valence-corrected chi connectivity index (χ1v) is 12.9. The Morgan fingerprint density at radius 3 is 2.50 bits per heavy atom. The number of ether oxygens (including phenoxy) is 1. The molecule has 2 amide bonds. The summed E-state index contributed by atoms with van der Waals surface area (Å²) >= 11 is 0.950. The predicted octanol–water partition coefficient (Wildman–Crippen LogP) is 3.15. The maximum absolute atomic E-state index is 15.0. The number of nitrogens with two attached hydrogens (primary N) is 1. The van der Waals surface area contributed by atoms with E-state index in [0.29, 0.717) is 43.4 Å². The van der Waals surface area contributed by atoms with Crippen LogP contribution in [0.15, 0.2) is 36.4 Å². The van der Waals surface area contributed by atoms with E-state index >= 15 is 0 Å². The summed E-state index contributed by atoms with van der Waals surface area (Å²) < 4.78 is 35.4. The van der Waals surface area contributed by atoms with Gasteiger partial charge in [-0.25, -0.2) is 13.8 Å². The van der Waals surface area contributed by atoms with E-state index in [4.69, 9.17) is 10.5 Å². The third-order valence-corrected chi connectivity index (χ3v) is 7.42. The highest BCUT2D eigenvalue weighted by Crippen LogP contribution is 2.40. The van der Waals surface area contributed by atoms with E-state index in [0.717, 1.165) is 11.3 Å². The van der Waals surface area contributed by atoms with Gasteiger partial charge in [0.05, 0.1) is 30.0 Å². The first kappa shape index (κ1) is 27.6. The SMILES string of the molecule is CNC(=O)C(c1cccc(Nc2sc(-c3c(F)cc(C(C)CO)cc3F)cc2C(N)=O)n1)N1CCOCC1. The zero-order valence-electron chi connectivity index (χ0n) is 21.0.